The van der Waals surface area contributed by atoms with Crippen LogP contribution in [0.25, 0.3) is 44.3 Å². The molecule has 2 aromatic heterocycles. The Balaban J connectivity index is 1.69. The zero-order chi connectivity index (χ0) is 23.8. The van der Waals surface area contributed by atoms with Crippen LogP contribution >= 0.6 is 0 Å². The molecule has 146 valence electrons. The third-order valence-corrected chi connectivity index (χ3v) is 7.17. The molecule has 0 aliphatic carbocycles. The van der Waals surface area contributed by atoms with Crippen molar-refractivity contribution in [3.8, 4) is 22.4 Å². The van der Waals surface area contributed by atoms with Gasteiger partial charge in [-0.2, -0.15) is 0 Å². The van der Waals surface area contributed by atoms with Crippen LogP contribution in [0.15, 0.2) is 77.3 Å². The standard InChI is InChI=1S/C27H22NOSe/c1-17-12-13-22-21-10-6-9-20(19-8-5-7-18-15-30-16-23(18)19)26(21)29-27(22)25(17)24-11-3-4-14-28(24)2/h3-14H,15-16H2,1-2H3/q+1/i15D2,16D2. The van der Waals surface area contributed by atoms with E-state index in [1.165, 1.54) is 0 Å². The summed E-state index contributed by atoms with van der Waals surface area (Å²) in [5.74, 6) is 0. The Kier molecular flexibility index (Phi) is 3.23. The van der Waals surface area contributed by atoms with E-state index in [4.69, 9.17) is 9.90 Å². The summed E-state index contributed by atoms with van der Waals surface area (Å²) < 4.78 is 42.9. The van der Waals surface area contributed by atoms with Gasteiger partial charge in [0.25, 0.3) is 0 Å². The Labute approximate surface area is 187 Å². The van der Waals surface area contributed by atoms with Gasteiger partial charge in [-0.1, -0.05) is 0 Å². The molecular weight excluding hydrogens is 433 g/mol. The van der Waals surface area contributed by atoms with Gasteiger partial charge in [-0.25, -0.2) is 0 Å². The van der Waals surface area contributed by atoms with Gasteiger partial charge in [0.15, 0.2) is 0 Å². The van der Waals surface area contributed by atoms with Gasteiger partial charge in [-0.15, -0.1) is 0 Å². The van der Waals surface area contributed by atoms with E-state index in [2.05, 4.69) is 29.7 Å². The van der Waals surface area contributed by atoms with Crippen molar-refractivity contribution in [2.75, 3.05) is 0 Å². The Bertz CT molecular complexity index is 1620. The van der Waals surface area contributed by atoms with Crippen molar-refractivity contribution in [2.24, 2.45) is 7.05 Å². The van der Waals surface area contributed by atoms with Crippen molar-refractivity contribution in [3.05, 3.63) is 89.6 Å². The Morgan fingerprint density at radius 2 is 1.70 bits per heavy atom. The summed E-state index contributed by atoms with van der Waals surface area (Å²) in [6.45, 7) is 2.08. The summed E-state index contributed by atoms with van der Waals surface area (Å²) in [7, 11) is 2.02. The number of rotatable bonds is 2. The molecule has 3 aromatic carbocycles. The molecule has 0 atom stereocenters. The molecule has 3 heterocycles. The third-order valence-electron chi connectivity index (χ3n) is 5.86. The van der Waals surface area contributed by atoms with E-state index < -0.39 is 25.5 Å². The minimum atomic E-state index is -1.70. The van der Waals surface area contributed by atoms with Crippen LogP contribution in [0.5, 0.6) is 0 Å². The summed E-state index contributed by atoms with van der Waals surface area (Å²) in [4.78, 5) is 0. The van der Waals surface area contributed by atoms with Crippen molar-refractivity contribution in [1.29, 1.82) is 0 Å². The first-order valence-electron chi connectivity index (χ1n) is 11.9. The van der Waals surface area contributed by atoms with Gasteiger partial charge in [-0.3, -0.25) is 0 Å². The Morgan fingerprint density at radius 1 is 0.867 bits per heavy atom. The molecule has 2 nitrogen and oxygen atoms in total. The number of benzene rings is 3. The second kappa shape index (κ2) is 6.84. The maximum absolute atomic E-state index is 8.65. The Hall–Kier alpha value is -2.87. The number of furan rings is 1. The molecule has 3 heteroatoms. The molecule has 30 heavy (non-hydrogen) atoms. The van der Waals surface area contributed by atoms with E-state index in [0.717, 1.165) is 38.7 Å². The van der Waals surface area contributed by atoms with Crippen molar-refractivity contribution < 1.29 is 14.5 Å². The first-order chi connectivity index (χ1) is 16.2. The molecule has 0 bridgehead atoms. The van der Waals surface area contributed by atoms with Crippen LogP contribution in [0.3, 0.4) is 0 Å². The molecule has 1 aliphatic rings. The second-order valence-corrected chi connectivity index (χ2v) is 8.93. The van der Waals surface area contributed by atoms with E-state index in [-0.39, 0.29) is 0 Å². The SMILES string of the molecule is [2H]C1([2H])[Se]C([2H])([2H])c2c(-c3cccc4c3oc3c(-c5cccc[n+]5C)c(C)ccc34)cccc21. The summed E-state index contributed by atoms with van der Waals surface area (Å²) in [5, 5.41) is -1.36. The first-order valence-corrected chi connectivity index (χ1v) is 11.6. The van der Waals surface area contributed by atoms with Gasteiger partial charge in [-0.05, 0) is 0 Å². The normalized spacial score (nSPS) is 18.6. The fourth-order valence-corrected chi connectivity index (χ4v) is 5.75. The topological polar surface area (TPSA) is 17.0 Å². The summed E-state index contributed by atoms with van der Waals surface area (Å²) in [6.07, 6.45) is 2.02. The second-order valence-electron chi connectivity index (χ2n) is 7.65. The molecule has 0 radical (unpaired) electrons. The van der Waals surface area contributed by atoms with Gasteiger partial charge in [0.2, 0.25) is 0 Å². The number of hydrogen-bond donors (Lipinski definition) is 0. The molecule has 6 rings (SSSR count). The van der Waals surface area contributed by atoms with Crippen LogP contribution in [0, 0.1) is 6.92 Å². The fourth-order valence-electron chi connectivity index (χ4n) is 4.38. The molecule has 0 saturated carbocycles. The molecule has 0 saturated heterocycles. The van der Waals surface area contributed by atoms with Crippen LogP contribution in [0.4, 0.5) is 0 Å². The quantitative estimate of drug-likeness (QED) is 0.242. The zero-order valence-electron chi connectivity index (χ0n) is 20.7. The summed E-state index contributed by atoms with van der Waals surface area (Å²) in [6, 6.07) is 21.7. The number of para-hydroxylation sites is 1. The molecule has 0 N–H and O–H groups in total. The monoisotopic (exact) mass is 460 g/mol. The van der Waals surface area contributed by atoms with Gasteiger partial charge < -0.3 is 0 Å². The number of aryl methyl sites for hydroxylation is 2. The van der Waals surface area contributed by atoms with Gasteiger partial charge in [0.05, 0.1) is 0 Å². The van der Waals surface area contributed by atoms with E-state index in [1.54, 1.807) is 6.07 Å². The number of pyridine rings is 1. The number of nitrogens with zero attached hydrogens (tertiary/aromatic N) is 1. The van der Waals surface area contributed by atoms with Crippen LogP contribution in [-0.4, -0.2) is 15.0 Å². The van der Waals surface area contributed by atoms with Gasteiger partial charge in [0.1, 0.15) is 0 Å². The minimum absolute atomic E-state index is 0.455. The van der Waals surface area contributed by atoms with Gasteiger partial charge >= 0.3 is 188 Å². The van der Waals surface area contributed by atoms with E-state index in [0.29, 0.717) is 22.3 Å². The van der Waals surface area contributed by atoms with Crippen LogP contribution < -0.4 is 4.57 Å². The average molecular weight is 459 g/mol. The van der Waals surface area contributed by atoms with Crippen molar-refractivity contribution >= 4 is 36.9 Å². The van der Waals surface area contributed by atoms with Crippen molar-refractivity contribution in [3.63, 3.8) is 0 Å². The predicted octanol–water partition coefficient (Wildman–Crippen LogP) is 5.77. The Morgan fingerprint density at radius 3 is 2.60 bits per heavy atom. The molecule has 5 aromatic rings. The van der Waals surface area contributed by atoms with Crippen LogP contribution in [0.2, 0.25) is 0 Å². The molecular formula is C27H22NOSe+. The van der Waals surface area contributed by atoms with E-state index >= 15 is 0 Å². The molecule has 0 amide bonds. The number of fused-ring (bicyclic) bond motifs is 4. The molecule has 0 unspecified atom stereocenters. The predicted molar refractivity (Wildman–Crippen MR) is 124 cm³/mol. The van der Waals surface area contributed by atoms with E-state index in [1.807, 2.05) is 55.7 Å². The van der Waals surface area contributed by atoms with Gasteiger partial charge in [0, 0.05) is 0 Å². The molecule has 1 aliphatic heterocycles. The maximum atomic E-state index is 8.65. The summed E-state index contributed by atoms with van der Waals surface area (Å²) in [5.41, 5.74) is 7.13. The zero-order valence-corrected chi connectivity index (χ0v) is 18.4. The van der Waals surface area contributed by atoms with Crippen LogP contribution in [-0.2, 0) is 17.6 Å². The fraction of sp³-hybridized carbons (Fsp3) is 0.148. The third kappa shape index (κ3) is 2.59. The molecule has 0 fully saturated rings. The molecule has 0 spiro atoms. The first kappa shape index (κ1) is 14.2. The number of aromatic nitrogens is 1. The number of hydrogen-bond acceptors (Lipinski definition) is 1. The summed E-state index contributed by atoms with van der Waals surface area (Å²) >= 11 is -0.855. The average Bonchev–Trinajstić information content (AvgIpc) is 3.26. The van der Waals surface area contributed by atoms with Crippen molar-refractivity contribution in [2.45, 2.75) is 17.5 Å². The van der Waals surface area contributed by atoms with E-state index in [9.17, 15) is 0 Å². The van der Waals surface area contributed by atoms with Crippen molar-refractivity contribution in [1.82, 2.24) is 0 Å². The van der Waals surface area contributed by atoms with Crippen LogP contribution in [0.1, 0.15) is 22.2 Å².